The van der Waals surface area contributed by atoms with Crippen LogP contribution in [0, 0.1) is 5.92 Å². The highest BCUT2D eigenvalue weighted by Gasteiger charge is 2.24. The van der Waals surface area contributed by atoms with Crippen molar-refractivity contribution in [3.05, 3.63) is 34.9 Å². The number of halogens is 1. The topological polar surface area (TPSA) is 12.0 Å². The minimum atomic E-state index is 0.505. The lowest BCUT2D eigenvalue weighted by Gasteiger charge is -2.20. The van der Waals surface area contributed by atoms with Gasteiger partial charge in [0.05, 0.1) is 0 Å². The molecule has 1 aliphatic rings. The predicted octanol–water partition coefficient (Wildman–Crippen LogP) is 4.44. The van der Waals surface area contributed by atoms with Gasteiger partial charge in [0.1, 0.15) is 0 Å². The maximum atomic E-state index is 6.20. The minimum absolute atomic E-state index is 0.505. The van der Waals surface area contributed by atoms with Gasteiger partial charge in [0.25, 0.3) is 0 Å². The van der Waals surface area contributed by atoms with Gasteiger partial charge in [-0.25, -0.2) is 0 Å². The monoisotopic (exact) mass is 265 g/mol. The summed E-state index contributed by atoms with van der Waals surface area (Å²) in [5, 5.41) is 4.65. The van der Waals surface area contributed by atoms with E-state index in [1.165, 1.54) is 31.2 Å². The molecular formula is C16H24ClN. The Morgan fingerprint density at radius 2 is 2.11 bits per heavy atom. The summed E-state index contributed by atoms with van der Waals surface area (Å²) in [4.78, 5) is 0. The summed E-state index contributed by atoms with van der Waals surface area (Å²) in [6, 6.07) is 9.39. The lowest BCUT2D eigenvalue weighted by Crippen LogP contribution is -2.36. The molecule has 0 bridgehead atoms. The SMILES string of the molecule is CCC1CCC(NC(C)Cc2ccccc2Cl)C1. The summed E-state index contributed by atoms with van der Waals surface area (Å²) in [5.74, 6) is 0.940. The lowest BCUT2D eigenvalue weighted by molar-refractivity contribution is 0.428. The van der Waals surface area contributed by atoms with Crippen molar-refractivity contribution >= 4 is 11.6 Å². The Kier molecular flexibility index (Phi) is 5.08. The maximum Gasteiger partial charge on any atom is 0.0438 e. The summed E-state index contributed by atoms with van der Waals surface area (Å²) in [5.41, 5.74) is 1.25. The zero-order valence-electron chi connectivity index (χ0n) is 11.5. The summed E-state index contributed by atoms with van der Waals surface area (Å²) in [6.07, 6.45) is 6.44. The second-order valence-corrected chi connectivity index (χ2v) is 6.05. The Bertz CT molecular complexity index is 377. The quantitative estimate of drug-likeness (QED) is 0.830. The van der Waals surface area contributed by atoms with Gasteiger partial charge in [0, 0.05) is 17.1 Å². The minimum Gasteiger partial charge on any atom is -0.311 e. The summed E-state index contributed by atoms with van der Waals surface area (Å²) < 4.78 is 0. The third-order valence-corrected chi connectivity index (χ3v) is 4.49. The van der Waals surface area contributed by atoms with E-state index in [9.17, 15) is 0 Å². The molecule has 0 heterocycles. The molecule has 1 N–H and O–H groups in total. The molecule has 1 saturated carbocycles. The first-order valence-corrected chi connectivity index (χ1v) is 7.56. The Balaban J connectivity index is 1.82. The van der Waals surface area contributed by atoms with E-state index in [1.54, 1.807) is 0 Å². The molecule has 1 aromatic rings. The van der Waals surface area contributed by atoms with Crippen molar-refractivity contribution in [1.82, 2.24) is 5.32 Å². The van der Waals surface area contributed by atoms with E-state index < -0.39 is 0 Å². The Hall–Kier alpha value is -0.530. The highest BCUT2D eigenvalue weighted by molar-refractivity contribution is 6.31. The molecule has 3 unspecified atom stereocenters. The fourth-order valence-electron chi connectivity index (χ4n) is 3.05. The van der Waals surface area contributed by atoms with E-state index in [0.29, 0.717) is 12.1 Å². The highest BCUT2D eigenvalue weighted by atomic mass is 35.5. The van der Waals surface area contributed by atoms with Gasteiger partial charge in [-0.3, -0.25) is 0 Å². The van der Waals surface area contributed by atoms with Crippen molar-refractivity contribution in [2.75, 3.05) is 0 Å². The van der Waals surface area contributed by atoms with Crippen molar-refractivity contribution in [1.29, 1.82) is 0 Å². The van der Waals surface area contributed by atoms with E-state index in [0.717, 1.165) is 17.4 Å². The van der Waals surface area contributed by atoms with Crippen LogP contribution in [0.4, 0.5) is 0 Å². The van der Waals surface area contributed by atoms with Crippen LogP contribution in [0.1, 0.15) is 45.1 Å². The van der Waals surface area contributed by atoms with Crippen LogP contribution >= 0.6 is 11.6 Å². The average molecular weight is 266 g/mol. The molecule has 100 valence electrons. The zero-order chi connectivity index (χ0) is 13.0. The summed E-state index contributed by atoms with van der Waals surface area (Å²) in [6.45, 7) is 4.57. The lowest BCUT2D eigenvalue weighted by atomic mass is 10.0. The van der Waals surface area contributed by atoms with Crippen LogP contribution in [0.2, 0.25) is 5.02 Å². The van der Waals surface area contributed by atoms with E-state index >= 15 is 0 Å². The van der Waals surface area contributed by atoms with Crippen LogP contribution < -0.4 is 5.32 Å². The van der Waals surface area contributed by atoms with Gasteiger partial charge in [-0.15, -0.1) is 0 Å². The largest absolute Gasteiger partial charge is 0.311 e. The van der Waals surface area contributed by atoms with Gasteiger partial charge in [0.15, 0.2) is 0 Å². The van der Waals surface area contributed by atoms with Crippen LogP contribution in [0.15, 0.2) is 24.3 Å². The van der Waals surface area contributed by atoms with Crippen LogP contribution in [0.3, 0.4) is 0 Å². The van der Waals surface area contributed by atoms with E-state index in [2.05, 4.69) is 31.3 Å². The standard InChI is InChI=1S/C16H24ClN/c1-3-13-8-9-15(11-13)18-12(2)10-14-6-4-5-7-16(14)17/h4-7,12-13,15,18H,3,8-11H2,1-2H3. The Morgan fingerprint density at radius 1 is 1.33 bits per heavy atom. The predicted molar refractivity (Wildman–Crippen MR) is 79.2 cm³/mol. The molecule has 0 amide bonds. The molecule has 0 spiro atoms. The summed E-state index contributed by atoms with van der Waals surface area (Å²) >= 11 is 6.20. The second kappa shape index (κ2) is 6.58. The Labute approximate surface area is 116 Å². The number of benzene rings is 1. The smallest absolute Gasteiger partial charge is 0.0438 e. The first-order chi connectivity index (χ1) is 8.69. The number of hydrogen-bond acceptors (Lipinski definition) is 1. The van der Waals surface area contributed by atoms with Gasteiger partial charge in [0.2, 0.25) is 0 Å². The van der Waals surface area contributed by atoms with Crippen LogP contribution in [0.5, 0.6) is 0 Å². The molecular weight excluding hydrogens is 242 g/mol. The van der Waals surface area contributed by atoms with Gasteiger partial charge < -0.3 is 5.32 Å². The Morgan fingerprint density at radius 3 is 2.78 bits per heavy atom. The molecule has 1 fully saturated rings. The fourth-order valence-corrected chi connectivity index (χ4v) is 3.27. The highest BCUT2D eigenvalue weighted by Crippen LogP contribution is 2.28. The van der Waals surface area contributed by atoms with Gasteiger partial charge in [-0.05, 0) is 50.2 Å². The van der Waals surface area contributed by atoms with E-state index in [-0.39, 0.29) is 0 Å². The third-order valence-electron chi connectivity index (χ3n) is 4.12. The molecule has 0 aliphatic heterocycles. The average Bonchev–Trinajstić information content (AvgIpc) is 2.80. The molecule has 0 radical (unpaired) electrons. The summed E-state index contributed by atoms with van der Waals surface area (Å²) in [7, 11) is 0. The molecule has 1 aromatic carbocycles. The molecule has 3 atom stereocenters. The van der Waals surface area contributed by atoms with Gasteiger partial charge in [-0.2, -0.15) is 0 Å². The van der Waals surface area contributed by atoms with Gasteiger partial charge >= 0.3 is 0 Å². The molecule has 18 heavy (non-hydrogen) atoms. The molecule has 1 aliphatic carbocycles. The molecule has 2 heteroatoms. The van der Waals surface area contributed by atoms with Crippen molar-refractivity contribution in [2.45, 2.75) is 58.0 Å². The van der Waals surface area contributed by atoms with Crippen molar-refractivity contribution in [3.8, 4) is 0 Å². The second-order valence-electron chi connectivity index (χ2n) is 5.65. The normalized spacial score (nSPS) is 25.3. The molecule has 2 rings (SSSR count). The number of nitrogens with one attached hydrogen (secondary N) is 1. The first-order valence-electron chi connectivity index (χ1n) is 7.18. The van der Waals surface area contributed by atoms with Gasteiger partial charge in [-0.1, -0.05) is 43.1 Å². The molecule has 1 nitrogen and oxygen atoms in total. The molecule has 0 aromatic heterocycles. The van der Waals surface area contributed by atoms with Crippen LogP contribution in [-0.2, 0) is 6.42 Å². The number of hydrogen-bond donors (Lipinski definition) is 1. The molecule has 0 saturated heterocycles. The third kappa shape index (κ3) is 3.73. The van der Waals surface area contributed by atoms with Crippen molar-refractivity contribution in [2.24, 2.45) is 5.92 Å². The first kappa shape index (κ1) is 13.9. The number of rotatable bonds is 5. The van der Waals surface area contributed by atoms with E-state index in [1.807, 2.05) is 12.1 Å². The van der Waals surface area contributed by atoms with Crippen molar-refractivity contribution in [3.63, 3.8) is 0 Å². The van der Waals surface area contributed by atoms with E-state index in [4.69, 9.17) is 11.6 Å². The van der Waals surface area contributed by atoms with Crippen LogP contribution in [-0.4, -0.2) is 12.1 Å². The van der Waals surface area contributed by atoms with Crippen molar-refractivity contribution < 1.29 is 0 Å². The van der Waals surface area contributed by atoms with Crippen LogP contribution in [0.25, 0.3) is 0 Å². The maximum absolute atomic E-state index is 6.20. The zero-order valence-corrected chi connectivity index (χ0v) is 12.2. The fraction of sp³-hybridized carbons (Fsp3) is 0.625.